The highest BCUT2D eigenvalue weighted by Crippen LogP contribution is 2.37. The standard InChI is InChI=1S/C20H18O3/c1-3-23-20(22)18-17(14-10-8-13(2)9-11-14)12-15-6-4-5-7-16(15)19(18)21/h4-12,21H,3H2,1-2H3. The van der Waals surface area contributed by atoms with Crippen LogP contribution in [0.1, 0.15) is 22.8 Å². The normalized spacial score (nSPS) is 10.7. The monoisotopic (exact) mass is 306 g/mol. The zero-order chi connectivity index (χ0) is 16.4. The highest BCUT2D eigenvalue weighted by atomic mass is 16.5. The van der Waals surface area contributed by atoms with Gasteiger partial charge in [-0.3, -0.25) is 0 Å². The van der Waals surface area contributed by atoms with Crippen molar-refractivity contribution in [2.45, 2.75) is 13.8 Å². The van der Waals surface area contributed by atoms with Gasteiger partial charge in [-0.25, -0.2) is 4.79 Å². The van der Waals surface area contributed by atoms with Crippen molar-refractivity contribution in [3.8, 4) is 16.9 Å². The Balaban J connectivity index is 2.31. The molecule has 0 spiro atoms. The van der Waals surface area contributed by atoms with E-state index in [1.807, 2.05) is 55.5 Å². The van der Waals surface area contributed by atoms with Gasteiger partial charge in [0.2, 0.25) is 0 Å². The summed E-state index contributed by atoms with van der Waals surface area (Å²) in [6.07, 6.45) is 0. The van der Waals surface area contributed by atoms with Crippen molar-refractivity contribution in [3.63, 3.8) is 0 Å². The highest BCUT2D eigenvalue weighted by molar-refractivity contribution is 6.07. The summed E-state index contributed by atoms with van der Waals surface area (Å²) in [4.78, 5) is 12.4. The maximum atomic E-state index is 12.4. The maximum Gasteiger partial charge on any atom is 0.342 e. The maximum absolute atomic E-state index is 12.4. The van der Waals surface area contributed by atoms with Crippen molar-refractivity contribution in [2.24, 2.45) is 0 Å². The second kappa shape index (κ2) is 6.13. The quantitative estimate of drug-likeness (QED) is 0.714. The molecule has 0 amide bonds. The molecule has 3 aromatic carbocycles. The van der Waals surface area contributed by atoms with E-state index in [1.165, 1.54) is 0 Å². The molecule has 3 aromatic rings. The summed E-state index contributed by atoms with van der Waals surface area (Å²) in [7, 11) is 0. The fourth-order valence-corrected chi connectivity index (χ4v) is 2.70. The summed E-state index contributed by atoms with van der Waals surface area (Å²) in [5, 5.41) is 12.2. The number of aryl methyl sites for hydroxylation is 1. The van der Waals surface area contributed by atoms with Crippen molar-refractivity contribution in [1.29, 1.82) is 0 Å². The van der Waals surface area contributed by atoms with Crippen LogP contribution in [0, 0.1) is 6.92 Å². The first-order valence-electron chi connectivity index (χ1n) is 7.60. The lowest BCUT2D eigenvalue weighted by Gasteiger charge is -2.14. The molecule has 23 heavy (non-hydrogen) atoms. The SMILES string of the molecule is CCOC(=O)c1c(-c2ccc(C)cc2)cc2ccccc2c1O. The molecule has 0 aliphatic rings. The summed E-state index contributed by atoms with van der Waals surface area (Å²) in [6, 6.07) is 17.2. The van der Waals surface area contributed by atoms with E-state index in [2.05, 4.69) is 0 Å². The van der Waals surface area contributed by atoms with Crippen LogP contribution in [-0.4, -0.2) is 17.7 Å². The van der Waals surface area contributed by atoms with E-state index < -0.39 is 5.97 Å². The first kappa shape index (κ1) is 15.1. The van der Waals surface area contributed by atoms with E-state index in [0.29, 0.717) is 10.9 Å². The predicted octanol–water partition coefficient (Wildman–Crippen LogP) is 4.70. The van der Waals surface area contributed by atoms with Crippen LogP contribution in [0.3, 0.4) is 0 Å². The molecule has 0 heterocycles. The Bertz CT molecular complexity index is 864. The molecule has 0 aliphatic heterocycles. The van der Waals surface area contributed by atoms with Crippen molar-refractivity contribution in [1.82, 2.24) is 0 Å². The lowest BCUT2D eigenvalue weighted by atomic mass is 9.94. The second-order valence-electron chi connectivity index (χ2n) is 5.46. The van der Waals surface area contributed by atoms with Crippen molar-refractivity contribution >= 4 is 16.7 Å². The van der Waals surface area contributed by atoms with Crippen LogP contribution in [0.5, 0.6) is 5.75 Å². The van der Waals surface area contributed by atoms with Crippen LogP contribution >= 0.6 is 0 Å². The number of phenols is 1. The van der Waals surface area contributed by atoms with Gasteiger partial charge in [0.25, 0.3) is 0 Å². The number of esters is 1. The summed E-state index contributed by atoms with van der Waals surface area (Å²) in [6.45, 7) is 4.02. The molecular formula is C20H18O3. The van der Waals surface area contributed by atoms with Crippen molar-refractivity contribution < 1.29 is 14.6 Å². The lowest BCUT2D eigenvalue weighted by molar-refractivity contribution is 0.0524. The highest BCUT2D eigenvalue weighted by Gasteiger charge is 2.21. The summed E-state index contributed by atoms with van der Waals surface area (Å²) < 4.78 is 5.14. The van der Waals surface area contributed by atoms with Gasteiger partial charge in [-0.05, 0) is 30.9 Å². The number of phenolic OH excluding ortho intramolecular Hbond substituents is 1. The second-order valence-corrected chi connectivity index (χ2v) is 5.46. The Morgan fingerprint density at radius 1 is 1.09 bits per heavy atom. The fraction of sp³-hybridized carbons (Fsp3) is 0.150. The molecule has 0 atom stereocenters. The number of rotatable bonds is 3. The minimum Gasteiger partial charge on any atom is -0.506 e. The zero-order valence-electron chi connectivity index (χ0n) is 13.2. The van der Waals surface area contributed by atoms with Gasteiger partial charge in [-0.15, -0.1) is 0 Å². The molecule has 0 radical (unpaired) electrons. The van der Waals surface area contributed by atoms with Gasteiger partial charge >= 0.3 is 5.97 Å². The number of aromatic hydroxyl groups is 1. The first-order valence-corrected chi connectivity index (χ1v) is 7.60. The molecular weight excluding hydrogens is 288 g/mol. The van der Waals surface area contributed by atoms with Gasteiger partial charge in [0.05, 0.1) is 6.61 Å². The van der Waals surface area contributed by atoms with Gasteiger partial charge in [0.15, 0.2) is 0 Å². The van der Waals surface area contributed by atoms with Crippen LogP contribution in [0.2, 0.25) is 0 Å². The minimum atomic E-state index is -0.508. The Labute approximate surface area is 135 Å². The molecule has 0 saturated heterocycles. The Morgan fingerprint density at radius 2 is 1.78 bits per heavy atom. The predicted molar refractivity (Wildman–Crippen MR) is 91.7 cm³/mol. The van der Waals surface area contributed by atoms with Crippen molar-refractivity contribution in [3.05, 3.63) is 65.7 Å². The molecule has 3 rings (SSSR count). The number of carbonyl (C=O) groups excluding carboxylic acids is 1. The average molecular weight is 306 g/mol. The third-order valence-corrected chi connectivity index (χ3v) is 3.86. The molecule has 0 bridgehead atoms. The van der Waals surface area contributed by atoms with E-state index in [9.17, 15) is 9.90 Å². The number of ether oxygens (including phenoxy) is 1. The van der Waals surface area contributed by atoms with E-state index in [0.717, 1.165) is 16.5 Å². The number of hydrogen-bond donors (Lipinski definition) is 1. The molecule has 3 heteroatoms. The van der Waals surface area contributed by atoms with Gasteiger partial charge in [-0.1, -0.05) is 54.1 Å². The molecule has 1 N–H and O–H groups in total. The molecule has 0 unspecified atom stereocenters. The number of benzene rings is 3. The molecule has 0 saturated carbocycles. The average Bonchev–Trinajstić information content (AvgIpc) is 2.55. The van der Waals surface area contributed by atoms with Gasteiger partial charge in [-0.2, -0.15) is 0 Å². The van der Waals surface area contributed by atoms with Gasteiger partial charge in [0, 0.05) is 10.9 Å². The van der Waals surface area contributed by atoms with Crippen molar-refractivity contribution in [2.75, 3.05) is 6.61 Å². The largest absolute Gasteiger partial charge is 0.506 e. The fourth-order valence-electron chi connectivity index (χ4n) is 2.70. The van der Waals surface area contributed by atoms with Crippen LogP contribution in [0.25, 0.3) is 21.9 Å². The Hall–Kier alpha value is -2.81. The number of fused-ring (bicyclic) bond motifs is 1. The topological polar surface area (TPSA) is 46.5 Å². The summed E-state index contributed by atoms with van der Waals surface area (Å²) in [5.74, 6) is -0.538. The first-order chi connectivity index (χ1) is 11.1. The Kier molecular flexibility index (Phi) is 4.02. The summed E-state index contributed by atoms with van der Waals surface area (Å²) >= 11 is 0. The van der Waals surface area contributed by atoms with Crippen LogP contribution in [-0.2, 0) is 4.74 Å². The smallest absolute Gasteiger partial charge is 0.342 e. The minimum absolute atomic E-state index is 0.0304. The van der Waals surface area contributed by atoms with Crippen LogP contribution < -0.4 is 0 Å². The third-order valence-electron chi connectivity index (χ3n) is 3.86. The molecule has 0 fully saturated rings. The lowest BCUT2D eigenvalue weighted by Crippen LogP contribution is -2.07. The Morgan fingerprint density at radius 3 is 2.48 bits per heavy atom. The van der Waals surface area contributed by atoms with Crippen LogP contribution in [0.15, 0.2) is 54.6 Å². The van der Waals surface area contributed by atoms with E-state index in [-0.39, 0.29) is 17.9 Å². The van der Waals surface area contributed by atoms with Crippen LogP contribution in [0.4, 0.5) is 0 Å². The number of hydrogen-bond acceptors (Lipinski definition) is 3. The zero-order valence-corrected chi connectivity index (χ0v) is 13.2. The molecule has 3 nitrogen and oxygen atoms in total. The summed E-state index contributed by atoms with van der Waals surface area (Å²) in [5.41, 5.74) is 2.91. The third kappa shape index (κ3) is 2.78. The molecule has 0 aromatic heterocycles. The van der Waals surface area contributed by atoms with E-state index in [4.69, 9.17) is 4.74 Å². The van der Waals surface area contributed by atoms with E-state index in [1.54, 1.807) is 13.0 Å². The van der Waals surface area contributed by atoms with E-state index >= 15 is 0 Å². The van der Waals surface area contributed by atoms with Gasteiger partial charge < -0.3 is 9.84 Å². The molecule has 0 aliphatic carbocycles. The van der Waals surface area contributed by atoms with Gasteiger partial charge in [0.1, 0.15) is 11.3 Å². The molecule has 116 valence electrons. The number of carbonyl (C=O) groups is 1.